The number of aryl methyl sites for hydroxylation is 2. The van der Waals surface area contributed by atoms with E-state index in [2.05, 4.69) is 46.5 Å². The molecule has 0 amide bonds. The van der Waals surface area contributed by atoms with Crippen molar-refractivity contribution >= 4 is 5.96 Å². The molecule has 26 heavy (non-hydrogen) atoms. The molecule has 7 nitrogen and oxygen atoms in total. The lowest BCUT2D eigenvalue weighted by Gasteiger charge is -2.12. The Morgan fingerprint density at radius 2 is 2.08 bits per heavy atom. The third kappa shape index (κ3) is 5.21. The molecule has 2 rings (SSSR count). The van der Waals surface area contributed by atoms with Crippen LogP contribution in [-0.4, -0.2) is 33.9 Å². The molecule has 0 radical (unpaired) electrons. The Balaban J connectivity index is 2.07. The molecule has 0 spiro atoms. The topological polar surface area (TPSA) is 76.4 Å². The van der Waals surface area contributed by atoms with Gasteiger partial charge in [0.25, 0.3) is 0 Å². The van der Waals surface area contributed by atoms with Crippen molar-refractivity contribution in [2.75, 3.05) is 13.2 Å². The molecule has 0 atom stereocenters. The van der Waals surface area contributed by atoms with Crippen molar-refractivity contribution in [2.45, 2.75) is 47.2 Å². The zero-order valence-electron chi connectivity index (χ0n) is 16.5. The molecule has 0 bridgehead atoms. The van der Waals surface area contributed by atoms with Crippen molar-refractivity contribution in [2.24, 2.45) is 12.0 Å². The van der Waals surface area contributed by atoms with Crippen molar-refractivity contribution in [1.29, 1.82) is 0 Å². The van der Waals surface area contributed by atoms with Gasteiger partial charge in [-0.1, -0.05) is 13.0 Å². The lowest BCUT2D eigenvalue weighted by Crippen LogP contribution is -2.37. The Bertz CT molecular complexity index is 738. The first-order chi connectivity index (χ1) is 12.6. The maximum Gasteiger partial charge on any atom is 0.218 e. The van der Waals surface area contributed by atoms with E-state index in [0.717, 1.165) is 35.9 Å². The van der Waals surface area contributed by atoms with Crippen LogP contribution in [0.5, 0.6) is 5.88 Å². The highest BCUT2D eigenvalue weighted by molar-refractivity contribution is 5.79. The Morgan fingerprint density at radius 1 is 1.27 bits per heavy atom. The fourth-order valence-corrected chi connectivity index (χ4v) is 2.62. The number of hydrogen-bond acceptors (Lipinski definition) is 4. The summed E-state index contributed by atoms with van der Waals surface area (Å²) < 4.78 is 7.62. The van der Waals surface area contributed by atoms with Crippen molar-refractivity contribution in [3.8, 4) is 5.88 Å². The van der Waals surface area contributed by atoms with E-state index in [1.54, 1.807) is 6.20 Å². The molecule has 0 aliphatic heterocycles. The first-order valence-corrected chi connectivity index (χ1v) is 9.14. The van der Waals surface area contributed by atoms with Crippen LogP contribution in [0.4, 0.5) is 0 Å². The van der Waals surface area contributed by atoms with Crippen LogP contribution in [0.15, 0.2) is 23.3 Å². The number of nitrogens with one attached hydrogen (secondary N) is 2. The highest BCUT2D eigenvalue weighted by atomic mass is 16.5. The van der Waals surface area contributed by atoms with Gasteiger partial charge in [0.1, 0.15) is 0 Å². The highest BCUT2D eigenvalue weighted by Gasteiger charge is 2.10. The molecule has 2 aromatic heterocycles. The molecule has 0 aliphatic carbocycles. The summed E-state index contributed by atoms with van der Waals surface area (Å²) >= 11 is 0. The second-order valence-corrected chi connectivity index (χ2v) is 6.14. The quantitative estimate of drug-likeness (QED) is 0.560. The smallest absolute Gasteiger partial charge is 0.218 e. The van der Waals surface area contributed by atoms with Gasteiger partial charge in [-0.05, 0) is 33.3 Å². The highest BCUT2D eigenvalue weighted by Crippen LogP contribution is 2.16. The number of rotatable bonds is 8. The second kappa shape index (κ2) is 9.79. The van der Waals surface area contributed by atoms with Crippen LogP contribution in [0.1, 0.15) is 42.8 Å². The number of aromatic nitrogens is 3. The zero-order chi connectivity index (χ0) is 18.9. The number of aliphatic imine (C=N–C) groups is 1. The molecule has 2 heterocycles. The predicted octanol–water partition coefficient (Wildman–Crippen LogP) is 2.48. The lowest BCUT2D eigenvalue weighted by molar-refractivity contribution is 0.302. The molecule has 0 saturated carbocycles. The molecular weight excluding hydrogens is 328 g/mol. The van der Waals surface area contributed by atoms with Crippen LogP contribution in [0, 0.1) is 13.8 Å². The van der Waals surface area contributed by atoms with Gasteiger partial charge in [0.05, 0.1) is 18.8 Å². The third-order valence-corrected chi connectivity index (χ3v) is 4.14. The fraction of sp³-hybridized carbons (Fsp3) is 0.526. The van der Waals surface area contributed by atoms with Crippen molar-refractivity contribution in [3.05, 3.63) is 40.8 Å². The number of nitrogens with zero attached hydrogens (tertiary/aromatic N) is 4. The summed E-state index contributed by atoms with van der Waals surface area (Å²) in [5, 5.41) is 11.1. The van der Waals surface area contributed by atoms with E-state index in [4.69, 9.17) is 4.74 Å². The van der Waals surface area contributed by atoms with Gasteiger partial charge in [-0.25, -0.2) is 9.98 Å². The first-order valence-electron chi connectivity index (χ1n) is 9.14. The zero-order valence-corrected chi connectivity index (χ0v) is 16.5. The minimum atomic E-state index is 0.507. The second-order valence-electron chi connectivity index (χ2n) is 6.14. The molecule has 7 heteroatoms. The van der Waals surface area contributed by atoms with Gasteiger partial charge < -0.3 is 15.4 Å². The van der Waals surface area contributed by atoms with Crippen LogP contribution in [-0.2, 0) is 20.1 Å². The first kappa shape index (κ1) is 19.8. The van der Waals surface area contributed by atoms with E-state index in [0.29, 0.717) is 25.6 Å². The van der Waals surface area contributed by atoms with Gasteiger partial charge in [-0.3, -0.25) is 4.68 Å². The Hall–Kier alpha value is -2.57. The largest absolute Gasteiger partial charge is 0.477 e. The number of hydrogen-bond donors (Lipinski definition) is 2. The number of ether oxygens (including phenoxy) is 1. The van der Waals surface area contributed by atoms with Gasteiger partial charge in [0.15, 0.2) is 5.96 Å². The summed E-state index contributed by atoms with van der Waals surface area (Å²) in [5.74, 6) is 1.42. The average Bonchev–Trinajstić information content (AvgIpc) is 2.88. The lowest BCUT2D eigenvalue weighted by atomic mass is 10.2. The minimum absolute atomic E-state index is 0.507. The van der Waals surface area contributed by atoms with Gasteiger partial charge >= 0.3 is 0 Å². The SMILES string of the molecule is CCCOc1ncccc1CN=C(NCC)NCc1c(C)nn(C)c1C. The summed E-state index contributed by atoms with van der Waals surface area (Å²) in [6, 6.07) is 3.91. The standard InChI is InChI=1S/C19H30N6O/c1-6-11-26-18-16(9-8-10-21-18)12-22-19(20-7-2)23-13-17-14(3)24-25(5)15(17)4/h8-10H,6-7,11-13H2,1-5H3,(H2,20,22,23). The molecular formula is C19H30N6O. The molecule has 2 aromatic rings. The van der Waals surface area contributed by atoms with Crippen molar-refractivity contribution < 1.29 is 4.74 Å². The number of pyridine rings is 1. The molecule has 0 saturated heterocycles. The van der Waals surface area contributed by atoms with E-state index in [1.165, 1.54) is 5.56 Å². The maximum atomic E-state index is 5.71. The molecule has 2 N–H and O–H groups in total. The Morgan fingerprint density at radius 3 is 2.73 bits per heavy atom. The molecule has 0 aliphatic rings. The Kier molecular flexibility index (Phi) is 7.44. The van der Waals surface area contributed by atoms with E-state index in [9.17, 15) is 0 Å². The predicted molar refractivity (Wildman–Crippen MR) is 104 cm³/mol. The maximum absolute atomic E-state index is 5.71. The summed E-state index contributed by atoms with van der Waals surface area (Å²) in [4.78, 5) is 9.00. The molecule has 142 valence electrons. The average molecular weight is 358 g/mol. The monoisotopic (exact) mass is 358 g/mol. The van der Waals surface area contributed by atoms with Crippen molar-refractivity contribution in [3.63, 3.8) is 0 Å². The summed E-state index contributed by atoms with van der Waals surface area (Å²) in [7, 11) is 1.96. The van der Waals surface area contributed by atoms with Gasteiger partial charge in [0.2, 0.25) is 5.88 Å². The van der Waals surface area contributed by atoms with Crippen LogP contribution >= 0.6 is 0 Å². The third-order valence-electron chi connectivity index (χ3n) is 4.14. The van der Waals surface area contributed by atoms with E-state index in [-0.39, 0.29) is 0 Å². The van der Waals surface area contributed by atoms with Crippen LogP contribution < -0.4 is 15.4 Å². The molecule has 0 aromatic carbocycles. The fourth-order valence-electron chi connectivity index (χ4n) is 2.62. The van der Waals surface area contributed by atoms with E-state index < -0.39 is 0 Å². The molecule has 0 unspecified atom stereocenters. The van der Waals surface area contributed by atoms with Crippen LogP contribution in [0.25, 0.3) is 0 Å². The Labute approximate surface area is 155 Å². The summed E-state index contributed by atoms with van der Waals surface area (Å²) in [6.07, 6.45) is 2.70. The number of guanidine groups is 1. The summed E-state index contributed by atoms with van der Waals surface area (Å²) in [6.45, 7) is 10.9. The van der Waals surface area contributed by atoms with Crippen LogP contribution in [0.2, 0.25) is 0 Å². The van der Waals surface area contributed by atoms with Gasteiger partial charge in [0, 0.05) is 43.2 Å². The molecule has 0 fully saturated rings. The van der Waals surface area contributed by atoms with Crippen molar-refractivity contribution in [1.82, 2.24) is 25.4 Å². The van der Waals surface area contributed by atoms with E-state index in [1.807, 2.05) is 30.8 Å². The summed E-state index contributed by atoms with van der Waals surface area (Å²) in [5.41, 5.74) is 4.38. The van der Waals surface area contributed by atoms with Gasteiger partial charge in [-0.2, -0.15) is 5.10 Å². The van der Waals surface area contributed by atoms with Gasteiger partial charge in [-0.15, -0.1) is 0 Å². The van der Waals surface area contributed by atoms with E-state index >= 15 is 0 Å². The normalized spacial score (nSPS) is 11.5. The van der Waals surface area contributed by atoms with Crippen LogP contribution in [0.3, 0.4) is 0 Å². The minimum Gasteiger partial charge on any atom is -0.477 e.